The van der Waals surface area contributed by atoms with Crippen LogP contribution in [-0.2, 0) is 9.53 Å². The van der Waals surface area contributed by atoms with Gasteiger partial charge in [-0.2, -0.15) is 0 Å². The number of hydrogen-bond donors (Lipinski definition) is 2. The SMILES string of the molecule is COCCOc1cc2ncnc(Nc3ccc(F)c(Cl)c3)c2cc1OCCCC(N)=O. The van der Waals surface area contributed by atoms with E-state index in [1.165, 1.54) is 18.5 Å². The van der Waals surface area contributed by atoms with Crippen LogP contribution in [0, 0.1) is 5.82 Å². The van der Waals surface area contributed by atoms with Gasteiger partial charge in [0.05, 0.1) is 23.8 Å². The van der Waals surface area contributed by atoms with E-state index in [9.17, 15) is 9.18 Å². The summed E-state index contributed by atoms with van der Waals surface area (Å²) < 4.78 is 30.1. The van der Waals surface area contributed by atoms with Crippen LogP contribution in [0.5, 0.6) is 11.5 Å². The molecule has 3 aromatic rings. The Morgan fingerprint density at radius 2 is 1.90 bits per heavy atom. The topological polar surface area (TPSA) is 109 Å². The molecule has 0 fully saturated rings. The van der Waals surface area contributed by atoms with Crippen molar-refractivity contribution in [1.29, 1.82) is 0 Å². The molecule has 164 valence electrons. The summed E-state index contributed by atoms with van der Waals surface area (Å²) >= 11 is 5.87. The van der Waals surface area contributed by atoms with Crippen LogP contribution in [0.1, 0.15) is 12.8 Å². The van der Waals surface area contributed by atoms with Gasteiger partial charge in [0.15, 0.2) is 11.5 Å². The van der Waals surface area contributed by atoms with Crippen LogP contribution < -0.4 is 20.5 Å². The molecule has 0 aliphatic carbocycles. The number of ether oxygens (including phenoxy) is 3. The zero-order chi connectivity index (χ0) is 22.2. The summed E-state index contributed by atoms with van der Waals surface area (Å²) in [6.45, 7) is 1.00. The van der Waals surface area contributed by atoms with Gasteiger partial charge < -0.3 is 25.3 Å². The van der Waals surface area contributed by atoms with E-state index in [1.807, 2.05) is 0 Å². The lowest BCUT2D eigenvalue weighted by atomic mass is 10.2. The van der Waals surface area contributed by atoms with E-state index in [-0.39, 0.29) is 18.1 Å². The van der Waals surface area contributed by atoms with Crippen molar-refractivity contribution in [3.8, 4) is 11.5 Å². The average Bonchev–Trinajstić information content (AvgIpc) is 2.74. The third kappa shape index (κ3) is 6.16. The molecule has 0 spiro atoms. The van der Waals surface area contributed by atoms with Gasteiger partial charge in [-0.1, -0.05) is 11.6 Å². The first kappa shape index (κ1) is 22.5. The second kappa shape index (κ2) is 10.7. The molecule has 1 amide bonds. The number of fused-ring (bicyclic) bond motifs is 1. The van der Waals surface area contributed by atoms with Gasteiger partial charge in [0, 0.05) is 30.7 Å². The predicted octanol–water partition coefficient (Wildman–Crippen LogP) is 3.84. The van der Waals surface area contributed by atoms with Crippen molar-refractivity contribution in [3.05, 3.63) is 47.5 Å². The highest BCUT2D eigenvalue weighted by atomic mass is 35.5. The van der Waals surface area contributed by atoms with E-state index < -0.39 is 11.7 Å². The van der Waals surface area contributed by atoms with E-state index in [1.54, 1.807) is 25.3 Å². The second-order valence-corrected chi connectivity index (χ2v) is 6.96. The fourth-order valence-electron chi connectivity index (χ4n) is 2.76. The third-order valence-corrected chi connectivity index (χ3v) is 4.54. The molecule has 0 saturated carbocycles. The smallest absolute Gasteiger partial charge is 0.217 e. The summed E-state index contributed by atoms with van der Waals surface area (Å²) in [7, 11) is 1.58. The molecule has 3 rings (SSSR count). The minimum Gasteiger partial charge on any atom is -0.490 e. The minimum atomic E-state index is -0.510. The lowest BCUT2D eigenvalue weighted by Gasteiger charge is -2.15. The first-order valence-electron chi connectivity index (χ1n) is 9.51. The van der Waals surface area contributed by atoms with Gasteiger partial charge in [-0.25, -0.2) is 14.4 Å². The van der Waals surface area contributed by atoms with Crippen LogP contribution in [0.15, 0.2) is 36.7 Å². The zero-order valence-corrected chi connectivity index (χ0v) is 17.6. The van der Waals surface area contributed by atoms with Crippen molar-refractivity contribution in [2.75, 3.05) is 32.2 Å². The number of hydrogen-bond acceptors (Lipinski definition) is 7. The van der Waals surface area contributed by atoms with Gasteiger partial charge in [0.25, 0.3) is 0 Å². The Labute approximate surface area is 183 Å². The van der Waals surface area contributed by atoms with Crippen molar-refractivity contribution < 1.29 is 23.4 Å². The number of nitrogens with zero attached hydrogens (tertiary/aromatic N) is 2. The molecule has 1 aromatic heterocycles. The maximum atomic E-state index is 13.5. The van der Waals surface area contributed by atoms with Crippen LogP contribution >= 0.6 is 11.6 Å². The molecule has 3 N–H and O–H groups in total. The number of nitrogens with one attached hydrogen (secondary N) is 1. The van der Waals surface area contributed by atoms with Crippen molar-refractivity contribution in [1.82, 2.24) is 9.97 Å². The summed E-state index contributed by atoms with van der Waals surface area (Å²) in [5.74, 6) is 0.528. The molecular weight excluding hydrogens is 427 g/mol. The van der Waals surface area contributed by atoms with Crippen molar-refractivity contribution >= 4 is 39.9 Å². The summed E-state index contributed by atoms with van der Waals surface area (Å²) in [5, 5.41) is 3.77. The van der Waals surface area contributed by atoms with Crippen molar-refractivity contribution in [2.45, 2.75) is 12.8 Å². The number of primary amides is 1. The molecule has 0 aliphatic rings. The van der Waals surface area contributed by atoms with E-state index in [0.717, 1.165) is 0 Å². The van der Waals surface area contributed by atoms with Crippen LogP contribution in [0.25, 0.3) is 10.9 Å². The fourth-order valence-corrected chi connectivity index (χ4v) is 2.94. The highest BCUT2D eigenvalue weighted by molar-refractivity contribution is 6.31. The van der Waals surface area contributed by atoms with E-state index in [4.69, 9.17) is 31.5 Å². The Morgan fingerprint density at radius 1 is 1.13 bits per heavy atom. The van der Waals surface area contributed by atoms with Gasteiger partial charge in [0.1, 0.15) is 24.6 Å². The van der Waals surface area contributed by atoms with Gasteiger partial charge >= 0.3 is 0 Å². The molecule has 10 heteroatoms. The van der Waals surface area contributed by atoms with E-state index in [2.05, 4.69) is 15.3 Å². The van der Waals surface area contributed by atoms with Crippen molar-refractivity contribution in [3.63, 3.8) is 0 Å². The molecule has 2 aromatic carbocycles. The van der Waals surface area contributed by atoms with Crippen LogP contribution in [0.2, 0.25) is 5.02 Å². The maximum Gasteiger partial charge on any atom is 0.217 e. The summed E-state index contributed by atoms with van der Waals surface area (Å²) in [4.78, 5) is 19.5. The Balaban J connectivity index is 1.91. The predicted molar refractivity (Wildman–Crippen MR) is 116 cm³/mol. The first-order chi connectivity index (χ1) is 15.0. The van der Waals surface area contributed by atoms with Gasteiger partial charge in [-0.05, 0) is 30.7 Å². The molecule has 8 nitrogen and oxygen atoms in total. The normalized spacial score (nSPS) is 10.8. The second-order valence-electron chi connectivity index (χ2n) is 6.55. The van der Waals surface area contributed by atoms with Crippen molar-refractivity contribution in [2.24, 2.45) is 5.73 Å². The fraction of sp³-hybridized carbons (Fsp3) is 0.286. The van der Waals surface area contributed by atoms with Crippen LogP contribution in [0.3, 0.4) is 0 Å². The number of amides is 1. The summed E-state index contributed by atoms with van der Waals surface area (Å²) in [6, 6.07) is 7.77. The number of nitrogens with two attached hydrogens (primary N) is 1. The number of methoxy groups -OCH3 is 1. The summed E-state index contributed by atoms with van der Waals surface area (Å²) in [6.07, 6.45) is 2.09. The van der Waals surface area contributed by atoms with Crippen LogP contribution in [0.4, 0.5) is 15.9 Å². The molecule has 0 atom stereocenters. The highest BCUT2D eigenvalue weighted by Gasteiger charge is 2.13. The quantitative estimate of drug-likeness (QED) is 0.429. The molecular formula is C21H22ClFN4O4. The third-order valence-electron chi connectivity index (χ3n) is 4.25. The number of aromatic nitrogens is 2. The summed E-state index contributed by atoms with van der Waals surface area (Å²) in [5.41, 5.74) is 6.36. The monoisotopic (exact) mass is 448 g/mol. The van der Waals surface area contributed by atoms with Gasteiger partial charge in [0.2, 0.25) is 5.91 Å². The molecule has 0 unspecified atom stereocenters. The number of benzene rings is 2. The lowest BCUT2D eigenvalue weighted by molar-refractivity contribution is -0.118. The minimum absolute atomic E-state index is 0.00401. The molecule has 0 aliphatic heterocycles. The number of halogens is 2. The highest BCUT2D eigenvalue weighted by Crippen LogP contribution is 2.35. The largest absolute Gasteiger partial charge is 0.490 e. The van der Waals surface area contributed by atoms with Gasteiger partial charge in [-0.3, -0.25) is 4.79 Å². The number of carbonyl (C=O) groups excluding carboxylic acids is 1. The molecule has 0 bridgehead atoms. The molecule has 1 heterocycles. The Morgan fingerprint density at radius 3 is 2.65 bits per heavy atom. The molecule has 0 radical (unpaired) electrons. The first-order valence-corrected chi connectivity index (χ1v) is 9.89. The Hall–Kier alpha value is -3.17. The zero-order valence-electron chi connectivity index (χ0n) is 16.9. The number of carbonyl (C=O) groups is 1. The Bertz CT molecular complexity index is 1070. The van der Waals surface area contributed by atoms with Gasteiger partial charge in [-0.15, -0.1) is 0 Å². The lowest BCUT2D eigenvalue weighted by Crippen LogP contribution is -2.12. The van der Waals surface area contributed by atoms with E-state index in [0.29, 0.717) is 53.5 Å². The number of rotatable bonds is 11. The maximum absolute atomic E-state index is 13.5. The molecule has 31 heavy (non-hydrogen) atoms. The van der Waals surface area contributed by atoms with E-state index >= 15 is 0 Å². The van der Waals surface area contributed by atoms with Crippen LogP contribution in [-0.4, -0.2) is 42.8 Å². The molecule has 0 saturated heterocycles. The average molecular weight is 449 g/mol. The Kier molecular flexibility index (Phi) is 7.80. The standard InChI is InChI=1S/C21H22ClFN4O4/c1-29-7-8-31-19-11-17-14(10-18(19)30-6-2-3-20(24)28)21(26-12-25-17)27-13-4-5-16(23)15(22)9-13/h4-5,9-12H,2-3,6-8H2,1H3,(H2,24,28)(H,25,26,27). The number of anilines is 2.